The Morgan fingerprint density at radius 3 is 2.55 bits per heavy atom. The topological polar surface area (TPSA) is 131 Å². The van der Waals surface area contributed by atoms with Crippen molar-refractivity contribution in [2.75, 3.05) is 19.8 Å². The van der Waals surface area contributed by atoms with Crippen LogP contribution in [0, 0.1) is 0 Å². The number of nitrogens with two attached hydrogens (primary N) is 1. The van der Waals surface area contributed by atoms with Gasteiger partial charge in [0.05, 0.1) is 13.2 Å². The Morgan fingerprint density at radius 1 is 1.40 bits per heavy atom. The molecule has 5 N–H and O–H groups in total. The van der Waals surface area contributed by atoms with E-state index in [0.717, 1.165) is 5.57 Å². The quantitative estimate of drug-likeness (QED) is 0.321. The molecule has 0 bridgehead atoms. The first-order valence-corrected chi connectivity index (χ1v) is 6.10. The summed E-state index contributed by atoms with van der Waals surface area (Å²) in [5, 5.41) is 13.6. The van der Waals surface area contributed by atoms with E-state index >= 15 is 0 Å². The Morgan fingerprint density at radius 2 is 2.05 bits per heavy atom. The molecule has 0 aromatic rings. The molecule has 1 atom stereocenters. The second-order valence-electron chi connectivity index (χ2n) is 4.31. The van der Waals surface area contributed by atoms with Crippen LogP contribution in [-0.2, 0) is 14.3 Å². The molecule has 0 unspecified atom stereocenters. The van der Waals surface area contributed by atoms with Gasteiger partial charge in [0.25, 0.3) is 0 Å². The van der Waals surface area contributed by atoms with Gasteiger partial charge in [-0.05, 0) is 13.3 Å². The summed E-state index contributed by atoms with van der Waals surface area (Å²) in [7, 11) is 0. The summed E-state index contributed by atoms with van der Waals surface area (Å²) in [6.45, 7) is 6.40. The maximum Gasteiger partial charge on any atom is 0.326 e. The number of carboxylic acids is 1. The van der Waals surface area contributed by atoms with Crippen LogP contribution in [0.15, 0.2) is 12.2 Å². The van der Waals surface area contributed by atoms with Crippen LogP contribution in [0.3, 0.4) is 0 Å². The molecule has 0 aromatic carbocycles. The molecule has 8 heteroatoms. The standard InChI is InChI=1S/C12H21N3O5/c1-8(2)7-20-6-5-14-12(19)15-9(11(17)18)3-4-10(13)16/h9H,1,3-7H2,2H3,(H2,13,16)(H,17,18)(H2,14,15,19)/t9-/m1/s1. The number of aliphatic carboxylic acids is 1. The summed E-state index contributed by atoms with van der Waals surface area (Å²) in [6.07, 6.45) is -0.163. The van der Waals surface area contributed by atoms with Crippen molar-refractivity contribution in [2.24, 2.45) is 5.73 Å². The number of ether oxygens (including phenoxy) is 1. The number of carbonyl (C=O) groups excluding carboxylic acids is 2. The van der Waals surface area contributed by atoms with Crippen molar-refractivity contribution in [3.63, 3.8) is 0 Å². The van der Waals surface area contributed by atoms with E-state index in [0.29, 0.717) is 13.2 Å². The van der Waals surface area contributed by atoms with Crippen LogP contribution in [-0.4, -0.2) is 48.8 Å². The molecule has 0 saturated carbocycles. The minimum absolute atomic E-state index is 0.0513. The van der Waals surface area contributed by atoms with Gasteiger partial charge < -0.3 is 26.2 Å². The fourth-order valence-corrected chi connectivity index (χ4v) is 1.24. The van der Waals surface area contributed by atoms with Crippen LogP contribution in [0.4, 0.5) is 4.79 Å². The van der Waals surface area contributed by atoms with Gasteiger partial charge in [0.15, 0.2) is 0 Å². The minimum Gasteiger partial charge on any atom is -0.480 e. The van der Waals surface area contributed by atoms with E-state index in [2.05, 4.69) is 17.2 Å². The molecule has 0 heterocycles. The van der Waals surface area contributed by atoms with Crippen LogP contribution in [0.25, 0.3) is 0 Å². The van der Waals surface area contributed by atoms with Gasteiger partial charge in [0.2, 0.25) is 5.91 Å². The summed E-state index contributed by atoms with van der Waals surface area (Å²) in [4.78, 5) is 32.9. The third-order valence-electron chi connectivity index (χ3n) is 2.16. The van der Waals surface area contributed by atoms with Crippen LogP contribution in [0.1, 0.15) is 19.8 Å². The largest absolute Gasteiger partial charge is 0.480 e. The van der Waals surface area contributed by atoms with E-state index in [1.807, 2.05) is 6.92 Å². The predicted molar refractivity (Wildman–Crippen MR) is 72.0 cm³/mol. The molecule has 0 saturated heterocycles. The average Bonchev–Trinajstić information content (AvgIpc) is 2.32. The molecule has 0 aromatic heterocycles. The van der Waals surface area contributed by atoms with E-state index in [1.54, 1.807) is 0 Å². The average molecular weight is 287 g/mol. The van der Waals surface area contributed by atoms with Crippen molar-refractivity contribution < 1.29 is 24.2 Å². The number of primary amides is 1. The first-order valence-electron chi connectivity index (χ1n) is 6.10. The second kappa shape index (κ2) is 9.79. The highest BCUT2D eigenvalue weighted by molar-refractivity contribution is 5.83. The Balaban J connectivity index is 3.92. The second-order valence-corrected chi connectivity index (χ2v) is 4.31. The highest BCUT2D eigenvalue weighted by Crippen LogP contribution is 1.97. The summed E-state index contributed by atoms with van der Waals surface area (Å²) in [5.41, 5.74) is 5.79. The van der Waals surface area contributed by atoms with Gasteiger partial charge in [-0.25, -0.2) is 9.59 Å². The van der Waals surface area contributed by atoms with Gasteiger partial charge in [0, 0.05) is 13.0 Å². The van der Waals surface area contributed by atoms with Gasteiger partial charge in [0.1, 0.15) is 6.04 Å². The van der Waals surface area contributed by atoms with E-state index in [9.17, 15) is 14.4 Å². The van der Waals surface area contributed by atoms with Crippen LogP contribution in [0.2, 0.25) is 0 Å². The van der Waals surface area contributed by atoms with E-state index in [1.165, 1.54) is 0 Å². The molecule has 3 amide bonds. The molecule has 0 radical (unpaired) electrons. The highest BCUT2D eigenvalue weighted by atomic mass is 16.5. The van der Waals surface area contributed by atoms with Crippen molar-refractivity contribution >= 4 is 17.9 Å². The maximum absolute atomic E-state index is 11.4. The summed E-state index contributed by atoms with van der Waals surface area (Å²) in [5.74, 6) is -1.84. The van der Waals surface area contributed by atoms with Gasteiger partial charge in [-0.15, -0.1) is 0 Å². The van der Waals surface area contributed by atoms with E-state index < -0.39 is 23.9 Å². The molecule has 8 nitrogen and oxygen atoms in total. The third kappa shape index (κ3) is 9.89. The van der Waals surface area contributed by atoms with Gasteiger partial charge in [-0.3, -0.25) is 4.79 Å². The lowest BCUT2D eigenvalue weighted by Crippen LogP contribution is -2.47. The predicted octanol–water partition coefficient (Wildman–Crippen LogP) is -0.403. The van der Waals surface area contributed by atoms with Gasteiger partial charge >= 0.3 is 12.0 Å². The lowest BCUT2D eigenvalue weighted by atomic mass is 10.1. The number of carboxylic acid groups (broad SMARTS) is 1. The Labute approximate surface area is 117 Å². The molecule has 114 valence electrons. The molecule has 0 aliphatic carbocycles. The summed E-state index contributed by atoms with van der Waals surface area (Å²) >= 11 is 0. The fourth-order valence-electron chi connectivity index (χ4n) is 1.24. The molecular weight excluding hydrogens is 266 g/mol. The molecule has 0 fully saturated rings. The first-order chi connectivity index (χ1) is 9.32. The first kappa shape index (κ1) is 17.9. The number of hydrogen-bond acceptors (Lipinski definition) is 4. The minimum atomic E-state index is -1.22. The lowest BCUT2D eigenvalue weighted by Gasteiger charge is -2.14. The number of amides is 3. The van der Waals surface area contributed by atoms with Crippen molar-refractivity contribution in [2.45, 2.75) is 25.8 Å². The SMILES string of the molecule is C=C(C)COCCNC(=O)N[C@H](CCC(N)=O)C(=O)O. The third-order valence-corrected chi connectivity index (χ3v) is 2.16. The summed E-state index contributed by atoms with van der Waals surface area (Å²) in [6, 6.07) is -1.79. The number of nitrogens with one attached hydrogen (secondary N) is 2. The molecule has 0 rings (SSSR count). The Bertz CT molecular complexity index is 370. The molecule has 0 aliphatic heterocycles. The lowest BCUT2D eigenvalue weighted by molar-refractivity contribution is -0.139. The zero-order chi connectivity index (χ0) is 15.5. The van der Waals surface area contributed by atoms with Crippen LogP contribution >= 0.6 is 0 Å². The van der Waals surface area contributed by atoms with Gasteiger partial charge in [-0.1, -0.05) is 12.2 Å². The number of hydrogen-bond donors (Lipinski definition) is 4. The normalized spacial score (nSPS) is 11.4. The number of urea groups is 1. The smallest absolute Gasteiger partial charge is 0.326 e. The monoisotopic (exact) mass is 287 g/mol. The Hall–Kier alpha value is -2.09. The Kier molecular flexibility index (Phi) is 8.77. The van der Waals surface area contributed by atoms with Crippen molar-refractivity contribution in [3.05, 3.63) is 12.2 Å². The molecule has 20 heavy (non-hydrogen) atoms. The zero-order valence-corrected chi connectivity index (χ0v) is 11.5. The van der Waals surface area contributed by atoms with Crippen LogP contribution in [0.5, 0.6) is 0 Å². The van der Waals surface area contributed by atoms with Crippen molar-refractivity contribution in [1.29, 1.82) is 0 Å². The van der Waals surface area contributed by atoms with E-state index in [4.69, 9.17) is 15.6 Å². The molecule has 0 aliphatic rings. The highest BCUT2D eigenvalue weighted by Gasteiger charge is 2.20. The van der Waals surface area contributed by atoms with Crippen molar-refractivity contribution in [3.8, 4) is 0 Å². The summed E-state index contributed by atoms with van der Waals surface area (Å²) < 4.78 is 5.16. The molecular formula is C12H21N3O5. The fraction of sp³-hybridized carbons (Fsp3) is 0.583. The number of carbonyl (C=O) groups is 3. The maximum atomic E-state index is 11.4. The van der Waals surface area contributed by atoms with Gasteiger partial charge in [-0.2, -0.15) is 0 Å². The van der Waals surface area contributed by atoms with Crippen molar-refractivity contribution in [1.82, 2.24) is 10.6 Å². The van der Waals surface area contributed by atoms with E-state index in [-0.39, 0.29) is 19.4 Å². The molecule has 0 spiro atoms. The number of rotatable bonds is 10. The van der Waals surface area contributed by atoms with Crippen LogP contribution < -0.4 is 16.4 Å². The zero-order valence-electron chi connectivity index (χ0n) is 11.5.